The van der Waals surface area contributed by atoms with Crippen LogP contribution in [0.5, 0.6) is 0 Å². The van der Waals surface area contributed by atoms with E-state index in [1.165, 1.54) is 17.2 Å². The van der Waals surface area contributed by atoms with Crippen molar-refractivity contribution in [3.05, 3.63) is 47.2 Å². The molecule has 3 aromatic rings. The fraction of sp³-hybridized carbons (Fsp3) is 0.333. The van der Waals surface area contributed by atoms with Crippen LogP contribution in [0, 0.1) is 6.92 Å². The van der Waals surface area contributed by atoms with E-state index in [1.54, 1.807) is 30.9 Å². The van der Waals surface area contributed by atoms with Gasteiger partial charge in [-0.2, -0.15) is 5.10 Å². The van der Waals surface area contributed by atoms with Crippen molar-refractivity contribution in [3.63, 3.8) is 0 Å². The molecule has 0 saturated heterocycles. The quantitative estimate of drug-likeness (QED) is 0.754. The summed E-state index contributed by atoms with van der Waals surface area (Å²) >= 11 is 0. The Balaban J connectivity index is 1.81. The zero-order valence-electron chi connectivity index (χ0n) is 15.1. The molecule has 1 amide bonds. The molecule has 0 saturated carbocycles. The van der Waals surface area contributed by atoms with Crippen molar-refractivity contribution in [1.82, 2.24) is 19.7 Å². The number of carboxylic acids is 1. The summed E-state index contributed by atoms with van der Waals surface area (Å²) in [6.07, 6.45) is 3.21. The van der Waals surface area contributed by atoms with E-state index in [0.717, 1.165) is 11.0 Å². The lowest BCUT2D eigenvalue weighted by atomic mass is 10.2. The Bertz CT molecular complexity index is 986. The number of fused-ring (bicyclic) bond motifs is 1. The summed E-state index contributed by atoms with van der Waals surface area (Å²) in [6.45, 7) is 5.77. The summed E-state index contributed by atoms with van der Waals surface area (Å²) in [7, 11) is 1.63. The maximum absolute atomic E-state index is 12.7. The molecule has 136 valence electrons. The summed E-state index contributed by atoms with van der Waals surface area (Å²) in [4.78, 5) is 29.6. The van der Waals surface area contributed by atoms with Gasteiger partial charge in [0.1, 0.15) is 17.1 Å². The second-order valence-electron chi connectivity index (χ2n) is 6.47. The van der Waals surface area contributed by atoms with Gasteiger partial charge >= 0.3 is 5.97 Å². The molecular weight excluding hydrogens is 336 g/mol. The van der Waals surface area contributed by atoms with Crippen molar-refractivity contribution in [2.45, 2.75) is 33.4 Å². The van der Waals surface area contributed by atoms with Crippen LogP contribution in [0.15, 0.2) is 28.9 Å². The van der Waals surface area contributed by atoms with Gasteiger partial charge in [-0.05, 0) is 32.9 Å². The molecule has 8 heteroatoms. The molecule has 0 aliphatic carbocycles. The molecule has 26 heavy (non-hydrogen) atoms. The number of hydrogen-bond donors (Lipinski definition) is 1. The predicted molar refractivity (Wildman–Crippen MR) is 94.1 cm³/mol. The highest BCUT2D eigenvalue weighted by molar-refractivity contribution is 5.96. The van der Waals surface area contributed by atoms with Crippen LogP contribution < -0.4 is 0 Å². The van der Waals surface area contributed by atoms with E-state index >= 15 is 0 Å². The normalized spacial score (nSPS) is 11.3. The van der Waals surface area contributed by atoms with Crippen LogP contribution in [-0.4, -0.2) is 43.7 Å². The van der Waals surface area contributed by atoms with Gasteiger partial charge in [0.15, 0.2) is 5.65 Å². The number of carbonyl (C=O) groups excluding carboxylic acids is 1. The van der Waals surface area contributed by atoms with E-state index in [4.69, 9.17) is 9.52 Å². The summed E-state index contributed by atoms with van der Waals surface area (Å²) in [5, 5.41) is 14.2. The third-order valence-corrected chi connectivity index (χ3v) is 4.11. The highest BCUT2D eigenvalue weighted by atomic mass is 16.4. The predicted octanol–water partition coefficient (Wildman–Crippen LogP) is 2.88. The average Bonchev–Trinajstić information content (AvgIpc) is 3.16. The van der Waals surface area contributed by atoms with Gasteiger partial charge in [0.05, 0.1) is 18.3 Å². The number of rotatable bonds is 5. The third kappa shape index (κ3) is 3.17. The minimum absolute atomic E-state index is 0.102. The molecule has 1 N–H and O–H groups in total. The number of furan rings is 1. The molecule has 3 heterocycles. The number of carboxylic acid groups (broad SMARTS) is 1. The maximum atomic E-state index is 12.7. The van der Waals surface area contributed by atoms with Crippen molar-refractivity contribution < 1.29 is 19.1 Å². The molecule has 0 bridgehead atoms. The molecule has 8 nitrogen and oxygen atoms in total. The Kier molecular flexibility index (Phi) is 4.50. The van der Waals surface area contributed by atoms with Crippen molar-refractivity contribution in [2.24, 2.45) is 0 Å². The van der Waals surface area contributed by atoms with E-state index < -0.39 is 5.97 Å². The second kappa shape index (κ2) is 6.62. The van der Waals surface area contributed by atoms with Gasteiger partial charge in [0, 0.05) is 24.7 Å². The number of carbonyl (C=O) groups is 2. The van der Waals surface area contributed by atoms with Gasteiger partial charge in [0.25, 0.3) is 5.91 Å². The van der Waals surface area contributed by atoms with Gasteiger partial charge in [-0.3, -0.25) is 4.79 Å². The van der Waals surface area contributed by atoms with Gasteiger partial charge in [-0.1, -0.05) is 0 Å². The monoisotopic (exact) mass is 356 g/mol. The zero-order chi connectivity index (χ0) is 19.0. The van der Waals surface area contributed by atoms with E-state index in [1.807, 2.05) is 13.8 Å². The minimum Gasteiger partial charge on any atom is -0.478 e. The van der Waals surface area contributed by atoms with Gasteiger partial charge < -0.3 is 14.4 Å². The van der Waals surface area contributed by atoms with Gasteiger partial charge in [0.2, 0.25) is 0 Å². The third-order valence-electron chi connectivity index (χ3n) is 4.11. The van der Waals surface area contributed by atoms with Crippen LogP contribution in [0.4, 0.5) is 0 Å². The fourth-order valence-electron chi connectivity index (χ4n) is 2.79. The highest BCUT2D eigenvalue weighted by Gasteiger charge is 2.19. The number of hydrogen-bond acceptors (Lipinski definition) is 5. The van der Waals surface area contributed by atoms with E-state index in [9.17, 15) is 9.59 Å². The lowest BCUT2D eigenvalue weighted by molar-refractivity contribution is 0.0694. The van der Waals surface area contributed by atoms with Crippen molar-refractivity contribution in [1.29, 1.82) is 0 Å². The molecule has 0 aliphatic rings. The molecule has 3 rings (SSSR count). The van der Waals surface area contributed by atoms with Crippen molar-refractivity contribution in [2.75, 3.05) is 7.05 Å². The van der Waals surface area contributed by atoms with E-state index in [2.05, 4.69) is 10.1 Å². The lowest BCUT2D eigenvalue weighted by Gasteiger charge is -2.15. The Morgan fingerprint density at radius 2 is 2.04 bits per heavy atom. The first kappa shape index (κ1) is 17.7. The second-order valence-corrected chi connectivity index (χ2v) is 6.47. The van der Waals surface area contributed by atoms with Crippen LogP contribution >= 0.6 is 0 Å². The number of aryl methyl sites for hydroxylation is 1. The Labute approximate surface area is 150 Å². The number of aromatic nitrogens is 3. The van der Waals surface area contributed by atoms with Crippen molar-refractivity contribution >= 4 is 22.9 Å². The van der Waals surface area contributed by atoms with Crippen LogP contribution in [0.2, 0.25) is 0 Å². The number of nitrogens with zero attached hydrogens (tertiary/aromatic N) is 4. The summed E-state index contributed by atoms with van der Waals surface area (Å²) < 4.78 is 7.23. The minimum atomic E-state index is -1.05. The summed E-state index contributed by atoms with van der Waals surface area (Å²) in [5.74, 6) is -0.555. The molecule has 0 unspecified atom stereocenters. The van der Waals surface area contributed by atoms with Gasteiger partial charge in [-0.25, -0.2) is 14.5 Å². The summed E-state index contributed by atoms with van der Waals surface area (Å²) in [6, 6.07) is 3.37. The average molecular weight is 356 g/mol. The summed E-state index contributed by atoms with van der Waals surface area (Å²) in [5.41, 5.74) is 1.27. The van der Waals surface area contributed by atoms with Crippen LogP contribution in [0.25, 0.3) is 11.0 Å². The number of pyridine rings is 1. The van der Waals surface area contributed by atoms with E-state index in [0.29, 0.717) is 17.1 Å². The van der Waals surface area contributed by atoms with Crippen molar-refractivity contribution in [3.8, 4) is 0 Å². The molecule has 0 aliphatic heterocycles. The standard InChI is InChI=1S/C18H20N4O4/c1-10(2)22-16-12(8-20-22)5-13(7-19-16)17(23)21(4)9-14-6-15(18(24)25)11(3)26-14/h5-8,10H,9H2,1-4H3,(H,24,25). The van der Waals surface area contributed by atoms with Crippen LogP contribution in [0.1, 0.15) is 52.1 Å². The first-order valence-corrected chi connectivity index (χ1v) is 8.19. The molecule has 0 radical (unpaired) electrons. The Morgan fingerprint density at radius 3 is 2.65 bits per heavy atom. The SMILES string of the molecule is Cc1oc(CN(C)C(=O)c2cnc3c(cnn3C(C)C)c2)cc1C(=O)O. The van der Waals surface area contributed by atoms with Gasteiger partial charge in [-0.15, -0.1) is 0 Å². The first-order chi connectivity index (χ1) is 12.3. The number of aromatic carboxylic acids is 1. The van der Waals surface area contributed by atoms with Crippen LogP contribution in [-0.2, 0) is 6.54 Å². The van der Waals surface area contributed by atoms with Crippen LogP contribution in [0.3, 0.4) is 0 Å². The fourth-order valence-corrected chi connectivity index (χ4v) is 2.79. The maximum Gasteiger partial charge on any atom is 0.339 e. The Hall–Kier alpha value is -3.16. The highest BCUT2D eigenvalue weighted by Crippen LogP contribution is 2.19. The molecular formula is C18H20N4O4. The largest absolute Gasteiger partial charge is 0.478 e. The lowest BCUT2D eigenvalue weighted by Crippen LogP contribution is -2.26. The molecule has 0 aromatic carbocycles. The zero-order valence-corrected chi connectivity index (χ0v) is 15.1. The Morgan fingerprint density at radius 1 is 1.31 bits per heavy atom. The molecule has 3 aromatic heterocycles. The topological polar surface area (TPSA) is 101 Å². The molecule has 0 spiro atoms. The smallest absolute Gasteiger partial charge is 0.339 e. The number of amides is 1. The first-order valence-electron chi connectivity index (χ1n) is 8.19. The van der Waals surface area contributed by atoms with E-state index in [-0.39, 0.29) is 24.1 Å². The molecule has 0 atom stereocenters. The molecule has 0 fully saturated rings.